The molecule has 1 aromatic rings. The van der Waals surface area contributed by atoms with E-state index in [4.69, 9.17) is 0 Å². The maximum absolute atomic E-state index is 3.58. The lowest BCUT2D eigenvalue weighted by molar-refractivity contribution is 0.298. The van der Waals surface area contributed by atoms with E-state index in [0.717, 1.165) is 30.7 Å². The van der Waals surface area contributed by atoms with E-state index in [1.807, 2.05) is 6.07 Å². The number of nitrogens with one attached hydrogen (secondary N) is 1. The Bertz CT molecular complexity index is 352. The Labute approximate surface area is 127 Å². The van der Waals surface area contributed by atoms with Crippen LogP contribution in [0.2, 0.25) is 0 Å². The summed E-state index contributed by atoms with van der Waals surface area (Å²) in [5.74, 6) is 0. The molecule has 0 unspecified atom stereocenters. The molecule has 1 rings (SSSR count). The number of nitrogens with zero attached hydrogens (tertiary/aromatic N) is 1. The smallest absolute Gasteiger partial charge is 0.0221 e. The van der Waals surface area contributed by atoms with Gasteiger partial charge < -0.3 is 10.2 Å². The molecule has 2 nitrogen and oxygen atoms in total. The third-order valence-corrected chi connectivity index (χ3v) is 4.31. The Morgan fingerprint density at radius 2 is 1.89 bits per heavy atom. The third-order valence-electron chi connectivity index (χ3n) is 3.05. The summed E-state index contributed by atoms with van der Waals surface area (Å²) in [6.45, 7) is 9.89. The number of halogens is 2. The Hall–Kier alpha value is 0.1000. The molecule has 0 fully saturated rings. The molecule has 0 saturated heterocycles. The first-order valence-corrected chi connectivity index (χ1v) is 8.13. The van der Waals surface area contributed by atoms with Crippen LogP contribution < -0.4 is 5.32 Å². The average molecular weight is 378 g/mol. The third kappa shape index (κ3) is 5.83. The van der Waals surface area contributed by atoms with E-state index in [1.54, 1.807) is 0 Å². The Balaban J connectivity index is 2.23. The molecular weight excluding hydrogens is 356 g/mol. The molecule has 0 aliphatic heterocycles. The highest BCUT2D eigenvalue weighted by molar-refractivity contribution is 9.11. The van der Waals surface area contributed by atoms with Crippen molar-refractivity contribution >= 4 is 31.9 Å². The lowest BCUT2D eigenvalue weighted by atomic mass is 10.2. The highest BCUT2D eigenvalue weighted by atomic mass is 79.9. The summed E-state index contributed by atoms with van der Waals surface area (Å²) in [7, 11) is 0. The summed E-state index contributed by atoms with van der Waals surface area (Å²) >= 11 is 7.08. The van der Waals surface area contributed by atoms with E-state index in [-0.39, 0.29) is 0 Å². The standard InChI is InChI=1S/C14H22Br2N2/c1-3-18(4-2)9-5-8-17-11-12-10-13(15)6-7-14(12)16/h6-7,10,17H,3-5,8-9,11H2,1-2H3. The highest BCUT2D eigenvalue weighted by Crippen LogP contribution is 2.21. The first-order valence-electron chi connectivity index (χ1n) is 6.54. The van der Waals surface area contributed by atoms with Crippen molar-refractivity contribution in [2.24, 2.45) is 0 Å². The van der Waals surface area contributed by atoms with Crippen molar-refractivity contribution in [1.82, 2.24) is 10.2 Å². The van der Waals surface area contributed by atoms with E-state index in [9.17, 15) is 0 Å². The summed E-state index contributed by atoms with van der Waals surface area (Å²) in [5, 5.41) is 3.50. The zero-order valence-electron chi connectivity index (χ0n) is 11.2. The van der Waals surface area contributed by atoms with Crippen molar-refractivity contribution in [3.05, 3.63) is 32.7 Å². The first kappa shape index (κ1) is 16.2. The van der Waals surface area contributed by atoms with Crippen LogP contribution in [0.4, 0.5) is 0 Å². The van der Waals surface area contributed by atoms with E-state index in [0.29, 0.717) is 0 Å². The first-order chi connectivity index (χ1) is 8.67. The molecule has 0 atom stereocenters. The molecule has 0 saturated carbocycles. The monoisotopic (exact) mass is 376 g/mol. The molecule has 18 heavy (non-hydrogen) atoms. The molecule has 0 heterocycles. The second-order valence-electron chi connectivity index (χ2n) is 4.29. The van der Waals surface area contributed by atoms with Crippen molar-refractivity contribution in [3.63, 3.8) is 0 Å². The quantitative estimate of drug-likeness (QED) is 0.688. The van der Waals surface area contributed by atoms with Gasteiger partial charge in [0.2, 0.25) is 0 Å². The Kier molecular flexibility index (Phi) is 8.15. The number of hydrogen-bond donors (Lipinski definition) is 1. The Morgan fingerprint density at radius 1 is 1.17 bits per heavy atom. The highest BCUT2D eigenvalue weighted by Gasteiger charge is 2.01. The zero-order valence-corrected chi connectivity index (χ0v) is 14.3. The second kappa shape index (κ2) is 9.08. The van der Waals surface area contributed by atoms with Crippen LogP contribution in [0, 0.1) is 0 Å². The SMILES string of the molecule is CCN(CC)CCCNCc1cc(Br)ccc1Br. The van der Waals surface area contributed by atoms with Crippen molar-refractivity contribution in [2.75, 3.05) is 26.2 Å². The fourth-order valence-electron chi connectivity index (χ4n) is 1.87. The predicted molar refractivity (Wildman–Crippen MR) is 86.0 cm³/mol. The number of benzene rings is 1. The van der Waals surface area contributed by atoms with Crippen LogP contribution in [0.15, 0.2) is 27.1 Å². The molecule has 0 radical (unpaired) electrons. The molecule has 0 spiro atoms. The second-order valence-corrected chi connectivity index (χ2v) is 6.06. The van der Waals surface area contributed by atoms with Gasteiger partial charge in [0.1, 0.15) is 0 Å². The van der Waals surface area contributed by atoms with Gasteiger partial charge in [0, 0.05) is 15.5 Å². The van der Waals surface area contributed by atoms with Crippen molar-refractivity contribution in [2.45, 2.75) is 26.8 Å². The summed E-state index contributed by atoms with van der Waals surface area (Å²) in [5.41, 5.74) is 1.30. The summed E-state index contributed by atoms with van der Waals surface area (Å²) in [4.78, 5) is 2.46. The topological polar surface area (TPSA) is 15.3 Å². The summed E-state index contributed by atoms with van der Waals surface area (Å²) in [6, 6.07) is 6.28. The maximum atomic E-state index is 3.58. The van der Waals surface area contributed by atoms with Crippen molar-refractivity contribution < 1.29 is 0 Å². The predicted octanol–water partition coefficient (Wildman–Crippen LogP) is 4.03. The Morgan fingerprint density at radius 3 is 2.56 bits per heavy atom. The van der Waals surface area contributed by atoms with Crippen LogP contribution >= 0.6 is 31.9 Å². The molecule has 0 bridgehead atoms. The molecule has 1 aromatic carbocycles. The van der Waals surface area contributed by atoms with Gasteiger partial charge in [-0.05, 0) is 56.4 Å². The minimum Gasteiger partial charge on any atom is -0.313 e. The minimum absolute atomic E-state index is 0.915. The zero-order chi connectivity index (χ0) is 13.4. The summed E-state index contributed by atoms with van der Waals surface area (Å²) in [6.07, 6.45) is 1.20. The van der Waals surface area contributed by atoms with Gasteiger partial charge in [-0.3, -0.25) is 0 Å². The van der Waals surface area contributed by atoms with Gasteiger partial charge in [-0.15, -0.1) is 0 Å². The van der Waals surface area contributed by atoms with E-state index in [2.05, 4.69) is 68.1 Å². The lowest BCUT2D eigenvalue weighted by Crippen LogP contribution is -2.27. The van der Waals surface area contributed by atoms with E-state index >= 15 is 0 Å². The van der Waals surface area contributed by atoms with Gasteiger partial charge in [0.05, 0.1) is 0 Å². The molecule has 0 aliphatic rings. The van der Waals surface area contributed by atoms with Crippen molar-refractivity contribution in [3.8, 4) is 0 Å². The molecule has 1 N–H and O–H groups in total. The van der Waals surface area contributed by atoms with Gasteiger partial charge >= 0.3 is 0 Å². The molecular formula is C14H22Br2N2. The van der Waals surface area contributed by atoms with Crippen LogP contribution in [-0.2, 0) is 6.54 Å². The fourth-order valence-corrected chi connectivity index (χ4v) is 2.66. The minimum atomic E-state index is 0.915. The molecule has 0 aromatic heterocycles. The van der Waals surface area contributed by atoms with E-state index < -0.39 is 0 Å². The van der Waals surface area contributed by atoms with Gasteiger partial charge in [0.25, 0.3) is 0 Å². The lowest BCUT2D eigenvalue weighted by Gasteiger charge is -2.17. The van der Waals surface area contributed by atoms with Gasteiger partial charge in [-0.25, -0.2) is 0 Å². The fraction of sp³-hybridized carbons (Fsp3) is 0.571. The normalized spacial score (nSPS) is 11.2. The number of rotatable bonds is 8. The molecule has 0 aliphatic carbocycles. The van der Waals surface area contributed by atoms with Crippen LogP contribution in [-0.4, -0.2) is 31.1 Å². The average Bonchev–Trinajstić information content (AvgIpc) is 2.38. The number of hydrogen-bond acceptors (Lipinski definition) is 2. The summed E-state index contributed by atoms with van der Waals surface area (Å²) < 4.78 is 2.30. The van der Waals surface area contributed by atoms with Crippen molar-refractivity contribution in [1.29, 1.82) is 0 Å². The van der Waals surface area contributed by atoms with Gasteiger partial charge in [-0.2, -0.15) is 0 Å². The van der Waals surface area contributed by atoms with Crippen LogP contribution in [0.5, 0.6) is 0 Å². The van der Waals surface area contributed by atoms with Crippen LogP contribution in [0.3, 0.4) is 0 Å². The molecule has 4 heteroatoms. The van der Waals surface area contributed by atoms with Gasteiger partial charge in [-0.1, -0.05) is 45.7 Å². The largest absolute Gasteiger partial charge is 0.313 e. The van der Waals surface area contributed by atoms with Gasteiger partial charge in [0.15, 0.2) is 0 Å². The van der Waals surface area contributed by atoms with Crippen LogP contribution in [0.1, 0.15) is 25.8 Å². The maximum Gasteiger partial charge on any atom is 0.0221 e. The van der Waals surface area contributed by atoms with E-state index in [1.165, 1.54) is 23.0 Å². The molecule has 102 valence electrons. The van der Waals surface area contributed by atoms with Crippen LogP contribution in [0.25, 0.3) is 0 Å². The molecule has 0 amide bonds.